The first kappa shape index (κ1) is 13.2. The van der Waals surface area contributed by atoms with Crippen LogP contribution in [0.25, 0.3) is 0 Å². The molecule has 0 fully saturated rings. The Bertz CT molecular complexity index is 324. The van der Waals surface area contributed by atoms with E-state index in [4.69, 9.17) is 4.74 Å². The van der Waals surface area contributed by atoms with Crippen molar-refractivity contribution in [1.29, 1.82) is 0 Å². The largest absolute Gasteiger partial charge is 0.384 e. The maximum atomic E-state index is 12.6. The molecule has 0 radical (unpaired) electrons. The van der Waals surface area contributed by atoms with E-state index in [9.17, 15) is 9.18 Å². The third-order valence-electron chi connectivity index (χ3n) is 2.07. The van der Waals surface area contributed by atoms with Crippen molar-refractivity contribution in [3.8, 4) is 0 Å². The number of halogens is 1. The van der Waals surface area contributed by atoms with Gasteiger partial charge in [-0.15, -0.1) is 0 Å². The van der Waals surface area contributed by atoms with Crippen LogP contribution < -0.4 is 0 Å². The second kappa shape index (κ2) is 7.41. The Labute approximate surface area is 99.2 Å². The molecule has 1 aromatic rings. The van der Waals surface area contributed by atoms with Gasteiger partial charge < -0.3 is 4.74 Å². The van der Waals surface area contributed by atoms with Gasteiger partial charge in [-0.05, 0) is 24.3 Å². The maximum absolute atomic E-state index is 12.6. The highest BCUT2D eigenvalue weighted by molar-refractivity contribution is 7.99. The van der Waals surface area contributed by atoms with Crippen LogP contribution in [-0.4, -0.2) is 31.0 Å². The number of carbonyl (C=O) groups excluding carboxylic acids is 1. The summed E-state index contributed by atoms with van der Waals surface area (Å²) < 4.78 is 17.5. The molecule has 88 valence electrons. The minimum absolute atomic E-state index is 0.0601. The van der Waals surface area contributed by atoms with Gasteiger partial charge in [0.25, 0.3) is 0 Å². The van der Waals surface area contributed by atoms with E-state index < -0.39 is 0 Å². The predicted molar refractivity (Wildman–Crippen MR) is 64.5 cm³/mol. The van der Waals surface area contributed by atoms with Gasteiger partial charge in [0.05, 0.1) is 6.61 Å². The molecule has 0 aliphatic carbocycles. The smallest absolute Gasteiger partial charge is 0.163 e. The molecular weight excluding hydrogens is 227 g/mol. The van der Waals surface area contributed by atoms with Crippen molar-refractivity contribution in [2.24, 2.45) is 0 Å². The Morgan fingerprint density at radius 3 is 2.62 bits per heavy atom. The van der Waals surface area contributed by atoms with Gasteiger partial charge in [-0.25, -0.2) is 4.39 Å². The van der Waals surface area contributed by atoms with Crippen molar-refractivity contribution in [1.82, 2.24) is 0 Å². The summed E-state index contributed by atoms with van der Waals surface area (Å²) in [7, 11) is 1.66. The summed E-state index contributed by atoms with van der Waals surface area (Å²) in [6.07, 6.45) is 0.486. The number of hydrogen-bond acceptors (Lipinski definition) is 3. The number of methoxy groups -OCH3 is 1. The van der Waals surface area contributed by atoms with E-state index in [1.807, 2.05) is 0 Å². The van der Waals surface area contributed by atoms with Gasteiger partial charge in [0, 0.05) is 30.6 Å². The predicted octanol–water partition coefficient (Wildman–Crippen LogP) is 2.78. The van der Waals surface area contributed by atoms with Crippen molar-refractivity contribution < 1.29 is 13.9 Å². The molecule has 0 spiro atoms. The first-order valence-electron chi connectivity index (χ1n) is 5.09. The van der Waals surface area contributed by atoms with Crippen molar-refractivity contribution in [3.05, 3.63) is 35.6 Å². The summed E-state index contributed by atoms with van der Waals surface area (Å²) in [4.78, 5) is 11.6. The topological polar surface area (TPSA) is 26.3 Å². The molecule has 0 saturated carbocycles. The van der Waals surface area contributed by atoms with Crippen LogP contribution in [-0.2, 0) is 4.74 Å². The standard InChI is InChI=1S/C12H15FO2S/c1-15-7-9-16-8-6-12(14)10-2-4-11(13)5-3-10/h2-5H,6-9H2,1H3. The first-order chi connectivity index (χ1) is 7.74. The highest BCUT2D eigenvalue weighted by Gasteiger charge is 2.05. The third kappa shape index (κ3) is 4.77. The molecule has 0 aliphatic heterocycles. The molecule has 0 aliphatic rings. The molecule has 1 rings (SSSR count). The van der Waals surface area contributed by atoms with Crippen molar-refractivity contribution in [3.63, 3.8) is 0 Å². The Hall–Kier alpha value is -0.870. The van der Waals surface area contributed by atoms with Crippen LogP contribution in [0.15, 0.2) is 24.3 Å². The second-order valence-corrected chi connectivity index (χ2v) is 4.51. The fourth-order valence-corrected chi connectivity index (χ4v) is 2.01. The zero-order valence-electron chi connectivity index (χ0n) is 9.24. The van der Waals surface area contributed by atoms with Crippen LogP contribution in [0.3, 0.4) is 0 Å². The van der Waals surface area contributed by atoms with Crippen LogP contribution in [0.2, 0.25) is 0 Å². The van der Waals surface area contributed by atoms with Crippen LogP contribution in [0.4, 0.5) is 4.39 Å². The summed E-state index contributed by atoms with van der Waals surface area (Å²) in [5, 5.41) is 0. The van der Waals surface area contributed by atoms with Gasteiger partial charge in [0.15, 0.2) is 5.78 Å². The van der Waals surface area contributed by atoms with Gasteiger partial charge in [0.2, 0.25) is 0 Å². The molecule has 0 heterocycles. The molecule has 1 aromatic carbocycles. The zero-order valence-corrected chi connectivity index (χ0v) is 10.1. The molecule has 4 heteroatoms. The van der Waals surface area contributed by atoms with E-state index in [2.05, 4.69) is 0 Å². The fraction of sp³-hybridized carbons (Fsp3) is 0.417. The minimum atomic E-state index is -0.314. The number of thioether (sulfide) groups is 1. The molecule has 0 amide bonds. The van der Waals surface area contributed by atoms with Crippen molar-refractivity contribution >= 4 is 17.5 Å². The third-order valence-corrected chi connectivity index (χ3v) is 3.02. The van der Waals surface area contributed by atoms with Crippen LogP contribution in [0, 0.1) is 5.82 Å². The Kier molecular flexibility index (Phi) is 6.11. The quantitative estimate of drug-likeness (QED) is 0.543. The summed E-state index contributed by atoms with van der Waals surface area (Å²) in [5.41, 5.74) is 0.578. The minimum Gasteiger partial charge on any atom is -0.384 e. The maximum Gasteiger partial charge on any atom is 0.163 e. The lowest BCUT2D eigenvalue weighted by molar-refractivity contribution is 0.0989. The lowest BCUT2D eigenvalue weighted by Crippen LogP contribution is -2.02. The monoisotopic (exact) mass is 242 g/mol. The first-order valence-corrected chi connectivity index (χ1v) is 6.25. The second-order valence-electron chi connectivity index (χ2n) is 3.29. The van der Waals surface area contributed by atoms with Gasteiger partial charge in [-0.3, -0.25) is 4.79 Å². The summed E-state index contributed by atoms with van der Waals surface area (Å²) >= 11 is 1.68. The molecule has 0 unspecified atom stereocenters. The lowest BCUT2D eigenvalue weighted by atomic mass is 10.1. The summed E-state index contributed by atoms with van der Waals surface area (Å²) in [5.74, 6) is 1.42. The molecule has 0 aromatic heterocycles. The average Bonchev–Trinajstić information content (AvgIpc) is 2.29. The Morgan fingerprint density at radius 2 is 2.00 bits per heavy atom. The van der Waals surface area contributed by atoms with E-state index in [1.165, 1.54) is 24.3 Å². The van der Waals surface area contributed by atoms with E-state index in [0.717, 1.165) is 11.5 Å². The number of rotatable bonds is 7. The molecule has 0 atom stereocenters. The van der Waals surface area contributed by atoms with Gasteiger partial charge >= 0.3 is 0 Å². The number of hydrogen-bond donors (Lipinski definition) is 0. The summed E-state index contributed by atoms with van der Waals surface area (Å²) in [6, 6.07) is 5.67. The van der Waals surface area contributed by atoms with E-state index in [0.29, 0.717) is 18.6 Å². The van der Waals surface area contributed by atoms with E-state index >= 15 is 0 Å². The molecule has 0 saturated heterocycles. The molecule has 2 nitrogen and oxygen atoms in total. The van der Waals surface area contributed by atoms with Crippen molar-refractivity contribution in [2.75, 3.05) is 25.2 Å². The average molecular weight is 242 g/mol. The van der Waals surface area contributed by atoms with Gasteiger partial charge in [-0.2, -0.15) is 11.8 Å². The number of ketones is 1. The highest BCUT2D eigenvalue weighted by atomic mass is 32.2. The molecule has 16 heavy (non-hydrogen) atoms. The molecule has 0 bridgehead atoms. The fourth-order valence-electron chi connectivity index (χ4n) is 1.19. The summed E-state index contributed by atoms with van der Waals surface area (Å²) in [6.45, 7) is 0.704. The zero-order chi connectivity index (χ0) is 11.8. The Morgan fingerprint density at radius 1 is 1.31 bits per heavy atom. The van der Waals surface area contributed by atoms with Crippen LogP contribution in [0.5, 0.6) is 0 Å². The number of Topliss-reactive ketones (excluding diaryl/α,β-unsaturated/α-hetero) is 1. The molecule has 0 N–H and O–H groups in total. The van der Waals surface area contributed by atoms with Gasteiger partial charge in [0.1, 0.15) is 5.82 Å². The Balaban J connectivity index is 2.27. The van der Waals surface area contributed by atoms with Gasteiger partial charge in [-0.1, -0.05) is 0 Å². The number of carbonyl (C=O) groups is 1. The number of ether oxygens (including phenoxy) is 1. The normalized spacial score (nSPS) is 10.4. The van der Waals surface area contributed by atoms with Crippen molar-refractivity contribution in [2.45, 2.75) is 6.42 Å². The van der Waals surface area contributed by atoms with Crippen LogP contribution >= 0.6 is 11.8 Å². The van der Waals surface area contributed by atoms with E-state index in [1.54, 1.807) is 18.9 Å². The van der Waals surface area contributed by atoms with E-state index in [-0.39, 0.29) is 11.6 Å². The number of benzene rings is 1. The van der Waals surface area contributed by atoms with Crippen LogP contribution in [0.1, 0.15) is 16.8 Å². The lowest BCUT2D eigenvalue weighted by Gasteiger charge is -2.01. The molecular formula is C12H15FO2S. The SMILES string of the molecule is COCCSCCC(=O)c1ccc(F)cc1. The highest BCUT2D eigenvalue weighted by Crippen LogP contribution is 2.09.